The van der Waals surface area contributed by atoms with Gasteiger partial charge in [-0.3, -0.25) is 4.79 Å². The first kappa shape index (κ1) is 19.9. The molecule has 0 aliphatic heterocycles. The van der Waals surface area contributed by atoms with E-state index in [0.29, 0.717) is 37.7 Å². The molecule has 2 aromatic heterocycles. The Morgan fingerprint density at radius 1 is 1.18 bits per heavy atom. The van der Waals surface area contributed by atoms with Gasteiger partial charge < -0.3 is 19.2 Å². The van der Waals surface area contributed by atoms with Crippen molar-refractivity contribution in [2.75, 3.05) is 21.3 Å². The standard InChI is InChI=1S/C19H17ClN2O5S/c1-9-14-17(23)21-16(22-18(14)28-15(9)19(24)27-4)13(20)7-10-5-11(25-2)8-12(6-10)26-3/h5-8H,1-4H3,(H,21,22,23)/b13-7-. The van der Waals surface area contributed by atoms with Gasteiger partial charge in [0, 0.05) is 6.07 Å². The number of nitrogens with one attached hydrogen (secondary N) is 1. The third-order valence-corrected chi connectivity index (χ3v) is 5.52. The van der Waals surface area contributed by atoms with Gasteiger partial charge in [-0.1, -0.05) is 11.6 Å². The lowest BCUT2D eigenvalue weighted by Gasteiger charge is -2.06. The van der Waals surface area contributed by atoms with Gasteiger partial charge >= 0.3 is 5.97 Å². The quantitative estimate of drug-likeness (QED) is 0.631. The number of hydrogen-bond donors (Lipinski definition) is 1. The van der Waals surface area contributed by atoms with Crippen LogP contribution < -0.4 is 15.0 Å². The fraction of sp³-hybridized carbons (Fsp3) is 0.211. The molecule has 0 aliphatic carbocycles. The summed E-state index contributed by atoms with van der Waals surface area (Å²) in [5.74, 6) is 0.886. The number of H-pyrrole nitrogens is 1. The molecule has 2 heterocycles. The number of thiophene rings is 1. The lowest BCUT2D eigenvalue weighted by Crippen LogP contribution is -2.10. The Morgan fingerprint density at radius 3 is 2.39 bits per heavy atom. The van der Waals surface area contributed by atoms with Crippen LogP contribution >= 0.6 is 22.9 Å². The molecular weight excluding hydrogens is 404 g/mol. The van der Waals surface area contributed by atoms with E-state index in [1.807, 2.05) is 0 Å². The molecule has 0 spiro atoms. The van der Waals surface area contributed by atoms with Gasteiger partial charge in [-0.05, 0) is 36.3 Å². The molecule has 0 atom stereocenters. The molecule has 3 aromatic rings. The van der Waals surface area contributed by atoms with E-state index in [0.717, 1.165) is 11.3 Å². The summed E-state index contributed by atoms with van der Waals surface area (Å²) >= 11 is 7.49. The van der Waals surface area contributed by atoms with Crippen molar-refractivity contribution in [1.82, 2.24) is 9.97 Å². The highest BCUT2D eigenvalue weighted by Gasteiger charge is 2.20. The molecule has 0 saturated heterocycles. The van der Waals surface area contributed by atoms with Crippen LogP contribution in [-0.4, -0.2) is 37.3 Å². The average Bonchev–Trinajstić information content (AvgIpc) is 3.03. The second-order valence-corrected chi connectivity index (χ2v) is 7.19. The Bertz CT molecular complexity index is 1130. The van der Waals surface area contributed by atoms with Crippen LogP contribution in [0.1, 0.15) is 26.6 Å². The Labute approximate surface area is 169 Å². The van der Waals surface area contributed by atoms with E-state index in [1.165, 1.54) is 7.11 Å². The van der Waals surface area contributed by atoms with E-state index in [2.05, 4.69) is 9.97 Å². The molecule has 0 saturated carbocycles. The van der Waals surface area contributed by atoms with Gasteiger partial charge in [0.25, 0.3) is 5.56 Å². The molecule has 9 heteroatoms. The van der Waals surface area contributed by atoms with Gasteiger partial charge in [-0.15, -0.1) is 11.3 Å². The third-order valence-electron chi connectivity index (χ3n) is 4.06. The van der Waals surface area contributed by atoms with Crippen LogP contribution in [0.2, 0.25) is 0 Å². The van der Waals surface area contributed by atoms with Crippen molar-refractivity contribution in [1.29, 1.82) is 0 Å². The Kier molecular flexibility index (Phi) is 5.71. The number of aromatic nitrogens is 2. The molecule has 0 radical (unpaired) electrons. The molecule has 0 fully saturated rings. The zero-order valence-electron chi connectivity index (χ0n) is 15.6. The van der Waals surface area contributed by atoms with Crippen LogP contribution in [0.4, 0.5) is 0 Å². The highest BCUT2D eigenvalue weighted by molar-refractivity contribution is 7.20. The lowest BCUT2D eigenvalue weighted by atomic mass is 10.2. The van der Waals surface area contributed by atoms with Crippen LogP contribution in [0, 0.1) is 6.92 Å². The molecule has 7 nitrogen and oxygen atoms in total. The van der Waals surface area contributed by atoms with Crippen molar-refractivity contribution in [3.8, 4) is 11.5 Å². The summed E-state index contributed by atoms with van der Waals surface area (Å²) in [4.78, 5) is 32.2. The van der Waals surface area contributed by atoms with Gasteiger partial charge in [0.1, 0.15) is 21.2 Å². The zero-order valence-corrected chi connectivity index (χ0v) is 17.2. The number of rotatable bonds is 5. The molecule has 0 amide bonds. The number of methoxy groups -OCH3 is 3. The minimum Gasteiger partial charge on any atom is -0.497 e. The summed E-state index contributed by atoms with van der Waals surface area (Å²) in [7, 11) is 4.39. The van der Waals surface area contributed by atoms with Crippen molar-refractivity contribution in [2.24, 2.45) is 0 Å². The number of fused-ring (bicyclic) bond motifs is 1. The van der Waals surface area contributed by atoms with Crippen molar-refractivity contribution in [3.05, 3.63) is 50.4 Å². The zero-order chi connectivity index (χ0) is 20.4. The van der Waals surface area contributed by atoms with Gasteiger partial charge in [-0.2, -0.15) is 0 Å². The van der Waals surface area contributed by atoms with Crippen LogP contribution in [0.25, 0.3) is 21.3 Å². The SMILES string of the molecule is COC(=O)c1sc2nc(/C(Cl)=C/c3cc(OC)cc(OC)c3)[nH]c(=O)c2c1C. The number of aryl methyl sites for hydroxylation is 1. The Balaban J connectivity index is 2.10. The number of benzene rings is 1. The maximum atomic E-state index is 12.5. The van der Waals surface area contributed by atoms with E-state index < -0.39 is 5.97 Å². The average molecular weight is 421 g/mol. The maximum absolute atomic E-state index is 12.5. The van der Waals surface area contributed by atoms with Crippen LogP contribution in [0.15, 0.2) is 23.0 Å². The van der Waals surface area contributed by atoms with E-state index in [1.54, 1.807) is 45.4 Å². The summed E-state index contributed by atoms with van der Waals surface area (Å²) in [5, 5.41) is 0.571. The predicted octanol–water partition coefficient (Wildman–Crippen LogP) is 3.83. The number of hydrogen-bond acceptors (Lipinski definition) is 7. The largest absolute Gasteiger partial charge is 0.497 e. The Hall–Kier alpha value is -2.84. The predicted molar refractivity (Wildman–Crippen MR) is 110 cm³/mol. The third kappa shape index (κ3) is 3.74. The first-order valence-electron chi connectivity index (χ1n) is 8.10. The first-order chi connectivity index (χ1) is 13.4. The monoisotopic (exact) mass is 420 g/mol. The molecule has 0 aliphatic rings. The summed E-state index contributed by atoms with van der Waals surface area (Å²) in [6.45, 7) is 1.68. The van der Waals surface area contributed by atoms with E-state index >= 15 is 0 Å². The molecule has 0 unspecified atom stereocenters. The summed E-state index contributed by atoms with van der Waals surface area (Å²) in [6.07, 6.45) is 1.64. The van der Waals surface area contributed by atoms with Crippen molar-refractivity contribution in [2.45, 2.75) is 6.92 Å². The second kappa shape index (κ2) is 8.04. The summed E-state index contributed by atoms with van der Waals surface area (Å²) < 4.78 is 15.2. The van der Waals surface area contributed by atoms with Crippen LogP contribution in [0.3, 0.4) is 0 Å². The molecular formula is C19H17ClN2O5S. The maximum Gasteiger partial charge on any atom is 0.348 e. The molecule has 3 rings (SSSR count). The van der Waals surface area contributed by atoms with E-state index in [9.17, 15) is 9.59 Å². The van der Waals surface area contributed by atoms with Gasteiger partial charge in [0.05, 0.1) is 31.7 Å². The van der Waals surface area contributed by atoms with Crippen molar-refractivity contribution >= 4 is 50.2 Å². The van der Waals surface area contributed by atoms with Gasteiger partial charge in [-0.25, -0.2) is 9.78 Å². The molecule has 28 heavy (non-hydrogen) atoms. The number of nitrogens with zero attached hydrogens (tertiary/aromatic N) is 1. The van der Waals surface area contributed by atoms with Crippen molar-refractivity contribution in [3.63, 3.8) is 0 Å². The minimum atomic E-state index is -0.508. The second-order valence-electron chi connectivity index (χ2n) is 5.78. The normalized spacial score (nSPS) is 11.5. The topological polar surface area (TPSA) is 90.5 Å². The van der Waals surface area contributed by atoms with E-state index in [-0.39, 0.29) is 16.4 Å². The Morgan fingerprint density at radius 2 is 1.82 bits per heavy atom. The minimum absolute atomic E-state index is 0.193. The molecule has 146 valence electrons. The van der Waals surface area contributed by atoms with Crippen molar-refractivity contribution < 1.29 is 19.0 Å². The number of halogens is 1. The molecule has 0 bridgehead atoms. The number of carbonyl (C=O) groups excluding carboxylic acids is 1. The highest BCUT2D eigenvalue weighted by Crippen LogP contribution is 2.30. The number of ether oxygens (including phenoxy) is 3. The lowest BCUT2D eigenvalue weighted by molar-refractivity contribution is 0.0605. The smallest absolute Gasteiger partial charge is 0.348 e. The number of carbonyl (C=O) groups is 1. The fourth-order valence-corrected chi connectivity index (χ4v) is 3.99. The number of esters is 1. The number of aromatic amines is 1. The van der Waals surface area contributed by atoms with Crippen LogP contribution in [-0.2, 0) is 4.74 Å². The summed E-state index contributed by atoms with van der Waals surface area (Å²) in [5.41, 5.74) is 0.866. The molecule has 1 N–H and O–H groups in total. The van der Waals surface area contributed by atoms with E-state index in [4.69, 9.17) is 25.8 Å². The fourth-order valence-electron chi connectivity index (χ4n) is 2.67. The van der Waals surface area contributed by atoms with Gasteiger partial charge in [0.2, 0.25) is 0 Å². The first-order valence-corrected chi connectivity index (χ1v) is 9.29. The highest BCUT2D eigenvalue weighted by atomic mass is 35.5. The molecule has 1 aromatic carbocycles. The summed E-state index contributed by atoms with van der Waals surface area (Å²) in [6, 6.07) is 5.28. The van der Waals surface area contributed by atoms with Crippen LogP contribution in [0.5, 0.6) is 11.5 Å². The van der Waals surface area contributed by atoms with Gasteiger partial charge in [0.15, 0.2) is 5.82 Å².